The Morgan fingerprint density at radius 1 is 0.862 bits per heavy atom. The van der Waals surface area contributed by atoms with Gasteiger partial charge in [0.05, 0.1) is 6.42 Å². The average molecular weight is 395 g/mol. The summed E-state index contributed by atoms with van der Waals surface area (Å²) in [6, 6.07) is 13.7. The van der Waals surface area contributed by atoms with Crippen LogP contribution in [0.15, 0.2) is 42.5 Å². The molecule has 0 saturated carbocycles. The highest BCUT2D eigenvalue weighted by molar-refractivity contribution is 5.88. The molecule has 156 valence electrons. The minimum atomic E-state index is -0.534. The Morgan fingerprint density at radius 3 is 2.00 bits per heavy atom. The number of rotatable bonds is 8. The van der Waals surface area contributed by atoms with E-state index >= 15 is 0 Å². The third-order valence-corrected chi connectivity index (χ3v) is 4.96. The molecule has 1 atom stereocenters. The van der Waals surface area contributed by atoms with Gasteiger partial charge in [-0.05, 0) is 44.7 Å². The molecule has 29 heavy (non-hydrogen) atoms. The Morgan fingerprint density at radius 2 is 1.45 bits per heavy atom. The third kappa shape index (κ3) is 7.04. The topological polar surface area (TPSA) is 49.4 Å². The van der Waals surface area contributed by atoms with E-state index in [0.29, 0.717) is 19.0 Å². The second-order valence-corrected chi connectivity index (χ2v) is 8.49. The summed E-state index contributed by atoms with van der Waals surface area (Å²) < 4.78 is 0. The zero-order chi connectivity index (χ0) is 21.6. The fourth-order valence-electron chi connectivity index (χ4n) is 3.37. The Hall–Kier alpha value is -2.62. The van der Waals surface area contributed by atoms with E-state index in [1.54, 1.807) is 4.90 Å². The molecule has 0 unspecified atom stereocenters. The van der Waals surface area contributed by atoms with Gasteiger partial charge in [0.25, 0.3) is 0 Å². The molecule has 0 spiro atoms. The van der Waals surface area contributed by atoms with Gasteiger partial charge in [-0.2, -0.15) is 0 Å². The molecule has 0 bridgehead atoms. The van der Waals surface area contributed by atoms with Gasteiger partial charge in [-0.3, -0.25) is 9.59 Å². The minimum absolute atomic E-state index is 0.0391. The highest BCUT2D eigenvalue weighted by Gasteiger charge is 2.26. The van der Waals surface area contributed by atoms with Crippen molar-refractivity contribution in [3.05, 3.63) is 70.3 Å². The molecule has 2 amide bonds. The van der Waals surface area contributed by atoms with Crippen LogP contribution in [-0.4, -0.2) is 29.3 Å². The van der Waals surface area contributed by atoms with Gasteiger partial charge in [0.1, 0.15) is 6.04 Å². The summed E-state index contributed by atoms with van der Waals surface area (Å²) >= 11 is 0. The molecule has 0 saturated heterocycles. The van der Waals surface area contributed by atoms with Crippen LogP contribution in [0.4, 0.5) is 0 Å². The summed E-state index contributed by atoms with van der Waals surface area (Å²) in [4.78, 5) is 27.6. The Kier molecular flexibility index (Phi) is 8.00. The van der Waals surface area contributed by atoms with E-state index in [0.717, 1.165) is 22.3 Å². The first-order valence-electron chi connectivity index (χ1n) is 10.4. The molecule has 0 aliphatic carbocycles. The smallest absolute Gasteiger partial charge is 0.242 e. The second-order valence-electron chi connectivity index (χ2n) is 8.49. The van der Waals surface area contributed by atoms with Gasteiger partial charge in [0, 0.05) is 13.1 Å². The summed E-state index contributed by atoms with van der Waals surface area (Å²) in [5, 5.41) is 2.96. The van der Waals surface area contributed by atoms with Gasteiger partial charge in [-0.1, -0.05) is 73.0 Å². The molecule has 0 aliphatic heterocycles. The SMILES string of the molecule is Cc1ccc(CN(C(=O)Cc2cc(C)cc(C)c2)[C@@H](C)C(=O)NCC(C)C)cc1. The van der Waals surface area contributed by atoms with E-state index in [-0.39, 0.29) is 18.2 Å². The number of hydrogen-bond acceptors (Lipinski definition) is 2. The molecule has 2 aromatic rings. The van der Waals surface area contributed by atoms with E-state index in [1.165, 1.54) is 5.56 Å². The van der Waals surface area contributed by atoms with E-state index < -0.39 is 6.04 Å². The number of carbonyl (C=O) groups is 2. The quantitative estimate of drug-likeness (QED) is 0.724. The fraction of sp³-hybridized carbons (Fsp3) is 0.440. The Balaban J connectivity index is 2.23. The van der Waals surface area contributed by atoms with Crippen LogP contribution in [0.5, 0.6) is 0 Å². The first-order valence-corrected chi connectivity index (χ1v) is 10.4. The van der Waals surface area contributed by atoms with Crippen LogP contribution >= 0.6 is 0 Å². The highest BCUT2D eigenvalue weighted by Crippen LogP contribution is 2.15. The van der Waals surface area contributed by atoms with Crippen molar-refractivity contribution >= 4 is 11.8 Å². The van der Waals surface area contributed by atoms with Crippen LogP contribution in [0.2, 0.25) is 0 Å². The lowest BCUT2D eigenvalue weighted by Crippen LogP contribution is -2.48. The number of nitrogens with zero attached hydrogens (tertiary/aromatic N) is 1. The zero-order valence-electron chi connectivity index (χ0n) is 18.6. The molecule has 0 aliphatic rings. The van der Waals surface area contributed by atoms with Gasteiger partial charge < -0.3 is 10.2 Å². The van der Waals surface area contributed by atoms with Crippen molar-refractivity contribution in [2.45, 2.75) is 60.5 Å². The normalized spacial score (nSPS) is 12.0. The fourth-order valence-corrected chi connectivity index (χ4v) is 3.37. The van der Waals surface area contributed by atoms with E-state index in [1.807, 2.05) is 64.1 Å². The van der Waals surface area contributed by atoms with E-state index in [4.69, 9.17) is 0 Å². The summed E-state index contributed by atoms with van der Waals surface area (Å²) in [6.45, 7) is 13.0. The van der Waals surface area contributed by atoms with Gasteiger partial charge in [0.2, 0.25) is 11.8 Å². The van der Waals surface area contributed by atoms with Crippen molar-refractivity contribution < 1.29 is 9.59 Å². The van der Waals surface area contributed by atoms with Crippen molar-refractivity contribution in [1.82, 2.24) is 10.2 Å². The molecule has 2 aromatic carbocycles. The van der Waals surface area contributed by atoms with Crippen molar-refractivity contribution in [2.24, 2.45) is 5.92 Å². The maximum atomic E-state index is 13.2. The van der Waals surface area contributed by atoms with E-state index in [9.17, 15) is 9.59 Å². The number of hydrogen-bond donors (Lipinski definition) is 1. The molecular formula is C25H34N2O2. The highest BCUT2D eigenvalue weighted by atomic mass is 16.2. The Bertz CT molecular complexity index is 820. The van der Waals surface area contributed by atoms with Crippen molar-refractivity contribution in [3.8, 4) is 0 Å². The first-order chi connectivity index (χ1) is 13.7. The number of nitrogens with one attached hydrogen (secondary N) is 1. The van der Waals surface area contributed by atoms with Gasteiger partial charge in [0.15, 0.2) is 0 Å². The lowest BCUT2D eigenvalue weighted by atomic mass is 10.0. The van der Waals surface area contributed by atoms with Crippen molar-refractivity contribution in [3.63, 3.8) is 0 Å². The van der Waals surface area contributed by atoms with Crippen LogP contribution < -0.4 is 5.32 Å². The molecule has 1 N–H and O–H groups in total. The molecule has 0 heterocycles. The maximum Gasteiger partial charge on any atom is 0.242 e. The number of benzene rings is 2. The predicted octanol–water partition coefficient (Wildman–Crippen LogP) is 4.34. The molecule has 4 nitrogen and oxygen atoms in total. The average Bonchev–Trinajstić information content (AvgIpc) is 2.64. The summed E-state index contributed by atoms with van der Waals surface area (Å²) in [5.41, 5.74) is 5.45. The van der Waals surface area contributed by atoms with Crippen LogP contribution in [-0.2, 0) is 22.6 Å². The molecule has 0 radical (unpaired) electrons. The zero-order valence-corrected chi connectivity index (χ0v) is 18.6. The van der Waals surface area contributed by atoms with Gasteiger partial charge in [-0.25, -0.2) is 0 Å². The van der Waals surface area contributed by atoms with Crippen LogP contribution in [0.1, 0.15) is 48.6 Å². The van der Waals surface area contributed by atoms with Gasteiger partial charge >= 0.3 is 0 Å². The summed E-state index contributed by atoms with van der Waals surface area (Å²) in [5.74, 6) is 0.213. The molecule has 0 fully saturated rings. The predicted molar refractivity (Wildman–Crippen MR) is 119 cm³/mol. The molecule has 4 heteroatoms. The van der Waals surface area contributed by atoms with Gasteiger partial charge in [-0.15, -0.1) is 0 Å². The minimum Gasteiger partial charge on any atom is -0.354 e. The van der Waals surface area contributed by atoms with Crippen molar-refractivity contribution in [1.29, 1.82) is 0 Å². The molecular weight excluding hydrogens is 360 g/mol. The summed E-state index contributed by atoms with van der Waals surface area (Å²) in [6.07, 6.45) is 0.288. The lowest BCUT2D eigenvalue weighted by Gasteiger charge is -2.29. The third-order valence-electron chi connectivity index (χ3n) is 4.96. The number of amides is 2. The standard InChI is InChI=1S/C25H34N2O2/c1-17(2)15-26-25(29)21(6)27(16-22-9-7-18(3)8-10-22)24(28)14-23-12-19(4)11-20(5)13-23/h7-13,17,21H,14-16H2,1-6H3,(H,26,29)/t21-/m0/s1. The lowest BCUT2D eigenvalue weighted by molar-refractivity contribution is -0.140. The Labute approximate surface area is 175 Å². The number of aryl methyl sites for hydroxylation is 3. The summed E-state index contributed by atoms with van der Waals surface area (Å²) in [7, 11) is 0. The first kappa shape index (κ1) is 22.7. The van der Waals surface area contributed by atoms with Crippen LogP contribution in [0, 0.1) is 26.7 Å². The number of carbonyl (C=O) groups excluding carboxylic acids is 2. The van der Waals surface area contributed by atoms with Crippen LogP contribution in [0.25, 0.3) is 0 Å². The second kappa shape index (κ2) is 10.2. The molecule has 2 rings (SSSR count). The monoisotopic (exact) mass is 394 g/mol. The molecule has 0 aromatic heterocycles. The largest absolute Gasteiger partial charge is 0.354 e. The van der Waals surface area contributed by atoms with Crippen molar-refractivity contribution in [2.75, 3.05) is 6.54 Å². The van der Waals surface area contributed by atoms with Crippen LogP contribution in [0.3, 0.4) is 0 Å². The van der Waals surface area contributed by atoms with E-state index in [2.05, 4.69) is 25.2 Å². The maximum absolute atomic E-state index is 13.2.